The van der Waals surface area contributed by atoms with Gasteiger partial charge in [0.05, 0.1) is 31.5 Å². The fraction of sp³-hybridized carbons (Fsp3) is 1.00. The molecule has 0 amide bonds. The highest BCUT2D eigenvalue weighted by Gasteiger charge is 2.48. The Hall–Kier alpha value is -0.440. The molecule has 11 nitrogen and oxygen atoms in total. The molecule has 0 bridgehead atoms. The standard InChI is InChI=1S/C13H26N2O9/c14-1-4-8(18)10(20)7(5(2-16)23-4)15-13-12(22)11(21)9(19)6(3-17)24-13/h4-13,15-22H,1-3,14H2/t4-,5-,6-,7-,8-,9-,10-,11+,12+,13+/m1/s1. The lowest BCUT2D eigenvalue weighted by molar-refractivity contribution is -0.251. The van der Waals surface area contributed by atoms with Gasteiger partial charge < -0.3 is 51.0 Å². The molecule has 10 N–H and O–H groups in total. The summed E-state index contributed by atoms with van der Waals surface area (Å²) in [7, 11) is 0. The number of nitrogens with one attached hydrogen (secondary N) is 1. The zero-order valence-electron chi connectivity index (χ0n) is 12.9. The van der Waals surface area contributed by atoms with Crippen LogP contribution in [0.4, 0.5) is 0 Å². The minimum atomic E-state index is -1.59. The molecule has 0 aromatic rings. The van der Waals surface area contributed by atoms with Crippen LogP contribution in [0.15, 0.2) is 0 Å². The summed E-state index contributed by atoms with van der Waals surface area (Å²) in [6.45, 7) is -1.18. The van der Waals surface area contributed by atoms with Gasteiger partial charge in [0.1, 0.15) is 42.9 Å². The van der Waals surface area contributed by atoms with Gasteiger partial charge in [0.15, 0.2) is 0 Å². The van der Waals surface area contributed by atoms with Gasteiger partial charge in [-0.25, -0.2) is 0 Å². The molecule has 2 aliphatic heterocycles. The van der Waals surface area contributed by atoms with Crippen LogP contribution < -0.4 is 11.1 Å². The van der Waals surface area contributed by atoms with E-state index in [9.17, 15) is 35.7 Å². The van der Waals surface area contributed by atoms with Crippen molar-refractivity contribution in [1.29, 1.82) is 0 Å². The van der Waals surface area contributed by atoms with Gasteiger partial charge in [0.25, 0.3) is 0 Å². The van der Waals surface area contributed by atoms with Crippen molar-refractivity contribution >= 4 is 0 Å². The molecule has 0 unspecified atom stereocenters. The molecule has 2 heterocycles. The van der Waals surface area contributed by atoms with Gasteiger partial charge in [-0.15, -0.1) is 0 Å². The minimum absolute atomic E-state index is 0.0680. The minimum Gasteiger partial charge on any atom is -0.394 e. The average molecular weight is 354 g/mol. The van der Waals surface area contributed by atoms with E-state index in [1.807, 2.05) is 0 Å². The molecule has 0 spiro atoms. The fourth-order valence-electron chi connectivity index (χ4n) is 3.03. The van der Waals surface area contributed by atoms with E-state index in [2.05, 4.69) is 5.32 Å². The molecule has 11 heteroatoms. The van der Waals surface area contributed by atoms with Crippen molar-refractivity contribution in [2.24, 2.45) is 5.73 Å². The van der Waals surface area contributed by atoms with E-state index in [1.54, 1.807) is 0 Å². The second-order valence-corrected chi connectivity index (χ2v) is 6.05. The second-order valence-electron chi connectivity index (χ2n) is 6.05. The number of rotatable bonds is 5. The monoisotopic (exact) mass is 354 g/mol. The van der Waals surface area contributed by atoms with Crippen LogP contribution in [0.3, 0.4) is 0 Å². The van der Waals surface area contributed by atoms with E-state index < -0.39 is 74.3 Å². The Morgan fingerprint density at radius 2 is 1.29 bits per heavy atom. The maximum absolute atomic E-state index is 10.2. The van der Waals surface area contributed by atoms with Crippen LogP contribution in [0.2, 0.25) is 0 Å². The van der Waals surface area contributed by atoms with Crippen LogP contribution >= 0.6 is 0 Å². The Labute approximate surface area is 138 Å². The molecule has 24 heavy (non-hydrogen) atoms. The summed E-state index contributed by atoms with van der Waals surface area (Å²) < 4.78 is 10.7. The van der Waals surface area contributed by atoms with Gasteiger partial charge in [0.2, 0.25) is 0 Å². The van der Waals surface area contributed by atoms with Crippen molar-refractivity contribution in [3.8, 4) is 0 Å². The zero-order valence-corrected chi connectivity index (χ0v) is 12.9. The molecule has 2 saturated heterocycles. The lowest BCUT2D eigenvalue weighted by Gasteiger charge is -2.46. The molecular weight excluding hydrogens is 328 g/mol. The summed E-state index contributed by atoms with van der Waals surface area (Å²) in [5, 5.41) is 71.1. The Kier molecular flexibility index (Phi) is 6.87. The van der Waals surface area contributed by atoms with E-state index in [0.717, 1.165) is 0 Å². The van der Waals surface area contributed by atoms with Crippen LogP contribution in [-0.2, 0) is 9.47 Å². The van der Waals surface area contributed by atoms with E-state index in [-0.39, 0.29) is 6.54 Å². The second kappa shape index (κ2) is 8.29. The average Bonchev–Trinajstić information content (AvgIpc) is 2.59. The zero-order chi connectivity index (χ0) is 18.0. The van der Waals surface area contributed by atoms with Crippen LogP contribution in [0.1, 0.15) is 0 Å². The van der Waals surface area contributed by atoms with Gasteiger partial charge in [0, 0.05) is 6.54 Å². The highest BCUT2D eigenvalue weighted by molar-refractivity contribution is 4.99. The summed E-state index contributed by atoms with van der Waals surface area (Å²) in [6.07, 6.45) is -11.6. The highest BCUT2D eigenvalue weighted by Crippen LogP contribution is 2.25. The lowest BCUT2D eigenvalue weighted by atomic mass is 9.91. The number of aliphatic hydroxyl groups is 7. The largest absolute Gasteiger partial charge is 0.394 e. The number of hydrogen-bond donors (Lipinski definition) is 9. The Balaban J connectivity index is 2.12. The third kappa shape index (κ3) is 3.71. The molecule has 0 aromatic carbocycles. The van der Waals surface area contributed by atoms with E-state index in [0.29, 0.717) is 0 Å². The lowest BCUT2D eigenvalue weighted by Crippen LogP contribution is -2.70. The van der Waals surface area contributed by atoms with Crippen LogP contribution in [0.25, 0.3) is 0 Å². The first-order valence-electron chi connectivity index (χ1n) is 7.74. The van der Waals surface area contributed by atoms with E-state index >= 15 is 0 Å². The smallest absolute Gasteiger partial charge is 0.138 e. The Bertz CT molecular complexity index is 400. The first-order valence-corrected chi connectivity index (χ1v) is 7.74. The molecule has 2 rings (SSSR count). The molecule has 0 saturated carbocycles. The van der Waals surface area contributed by atoms with Crippen molar-refractivity contribution in [1.82, 2.24) is 5.32 Å². The fourth-order valence-corrected chi connectivity index (χ4v) is 3.03. The van der Waals surface area contributed by atoms with Crippen molar-refractivity contribution in [3.63, 3.8) is 0 Å². The first kappa shape index (κ1) is 19.9. The third-order valence-electron chi connectivity index (χ3n) is 4.51. The molecule has 142 valence electrons. The van der Waals surface area contributed by atoms with Crippen molar-refractivity contribution < 1.29 is 45.2 Å². The number of aliphatic hydroxyl groups excluding tert-OH is 7. The molecule has 10 atom stereocenters. The first-order chi connectivity index (χ1) is 11.3. The van der Waals surface area contributed by atoms with Gasteiger partial charge in [-0.3, -0.25) is 5.32 Å². The number of hydrogen-bond acceptors (Lipinski definition) is 11. The van der Waals surface area contributed by atoms with Crippen molar-refractivity contribution in [3.05, 3.63) is 0 Å². The molecule has 0 radical (unpaired) electrons. The predicted molar refractivity (Wildman–Crippen MR) is 77.5 cm³/mol. The normalized spacial score (nSPS) is 50.0. The topological polar surface area (TPSA) is 198 Å². The summed E-state index contributed by atoms with van der Waals surface area (Å²) in [5.74, 6) is 0. The molecular formula is C13H26N2O9. The summed E-state index contributed by atoms with van der Waals surface area (Å²) in [5.41, 5.74) is 5.44. The van der Waals surface area contributed by atoms with Crippen LogP contribution in [-0.4, -0.2) is 117 Å². The third-order valence-corrected chi connectivity index (χ3v) is 4.51. The SMILES string of the molecule is NC[C@H]1O[C@H](CO)[C@@H](N[C@H]2O[C@H](CO)[C@@H](O)[C@H](O)[C@@H]2O)[C@@H](O)[C@@H]1O. The van der Waals surface area contributed by atoms with E-state index in [1.165, 1.54) is 0 Å². The Morgan fingerprint density at radius 3 is 1.83 bits per heavy atom. The Morgan fingerprint density at radius 1 is 0.708 bits per heavy atom. The molecule has 2 fully saturated rings. The van der Waals surface area contributed by atoms with Crippen molar-refractivity contribution in [2.45, 2.75) is 61.1 Å². The summed E-state index contributed by atoms with van der Waals surface area (Å²) >= 11 is 0. The maximum Gasteiger partial charge on any atom is 0.138 e. The molecule has 2 aliphatic rings. The molecule has 0 aromatic heterocycles. The van der Waals surface area contributed by atoms with Gasteiger partial charge in [-0.1, -0.05) is 0 Å². The van der Waals surface area contributed by atoms with E-state index in [4.69, 9.17) is 15.2 Å². The van der Waals surface area contributed by atoms with Gasteiger partial charge in [-0.05, 0) is 0 Å². The predicted octanol–water partition coefficient (Wildman–Crippen LogP) is -5.82. The van der Waals surface area contributed by atoms with Crippen LogP contribution in [0, 0.1) is 0 Å². The van der Waals surface area contributed by atoms with Gasteiger partial charge >= 0.3 is 0 Å². The van der Waals surface area contributed by atoms with Gasteiger partial charge in [-0.2, -0.15) is 0 Å². The van der Waals surface area contributed by atoms with Crippen LogP contribution in [0.5, 0.6) is 0 Å². The highest BCUT2D eigenvalue weighted by atomic mass is 16.6. The summed E-state index contributed by atoms with van der Waals surface area (Å²) in [6, 6.07) is -1.05. The quantitative estimate of drug-likeness (QED) is 0.228. The number of nitrogens with two attached hydrogens (primary N) is 1. The number of ether oxygens (including phenoxy) is 2. The molecule has 0 aliphatic carbocycles. The maximum atomic E-state index is 10.2. The van der Waals surface area contributed by atoms with Crippen molar-refractivity contribution in [2.75, 3.05) is 19.8 Å². The summed E-state index contributed by atoms with van der Waals surface area (Å²) in [4.78, 5) is 0.